The fourth-order valence-electron chi connectivity index (χ4n) is 4.74. The number of amides is 2. The van der Waals surface area contributed by atoms with Crippen molar-refractivity contribution >= 4 is 17.8 Å². The number of ether oxygens (including phenoxy) is 1. The van der Waals surface area contributed by atoms with Crippen LogP contribution >= 0.6 is 0 Å². The largest absolute Gasteiger partial charge is 0.490 e. The van der Waals surface area contributed by atoms with Crippen molar-refractivity contribution in [2.24, 2.45) is 5.92 Å². The SMILES string of the molecule is O=C(NCCNC(=O)c1ccc2c(c1)CCCC2)c1ccc(OC2CCC(C(=O)O)CC2)cc1. The van der Waals surface area contributed by atoms with Crippen LogP contribution in [-0.4, -0.2) is 42.1 Å². The first kappa shape index (κ1) is 23.8. The van der Waals surface area contributed by atoms with E-state index in [1.54, 1.807) is 24.3 Å². The highest BCUT2D eigenvalue weighted by atomic mass is 16.5. The van der Waals surface area contributed by atoms with Gasteiger partial charge in [0.1, 0.15) is 5.75 Å². The number of aryl methyl sites for hydroxylation is 2. The lowest BCUT2D eigenvalue weighted by Crippen LogP contribution is -2.34. The van der Waals surface area contributed by atoms with E-state index >= 15 is 0 Å². The topological polar surface area (TPSA) is 105 Å². The third kappa shape index (κ3) is 6.16. The summed E-state index contributed by atoms with van der Waals surface area (Å²) in [7, 11) is 0. The fraction of sp³-hybridized carbons (Fsp3) is 0.444. The summed E-state index contributed by atoms with van der Waals surface area (Å²) in [6.45, 7) is 0.683. The molecule has 0 aromatic heterocycles. The van der Waals surface area contributed by atoms with Crippen molar-refractivity contribution in [1.82, 2.24) is 10.6 Å². The highest BCUT2D eigenvalue weighted by molar-refractivity contribution is 5.95. The monoisotopic (exact) mass is 464 g/mol. The van der Waals surface area contributed by atoms with Gasteiger partial charge in [0.2, 0.25) is 0 Å². The zero-order chi connectivity index (χ0) is 23.9. The van der Waals surface area contributed by atoms with Crippen LogP contribution in [0.5, 0.6) is 5.75 Å². The molecule has 0 radical (unpaired) electrons. The Bertz CT molecular complexity index is 1030. The number of hydrogen-bond donors (Lipinski definition) is 3. The van der Waals surface area contributed by atoms with E-state index in [1.807, 2.05) is 12.1 Å². The van der Waals surface area contributed by atoms with Crippen LogP contribution in [0, 0.1) is 5.92 Å². The first-order valence-electron chi connectivity index (χ1n) is 12.2. The molecule has 0 heterocycles. The Kier molecular flexibility index (Phi) is 7.83. The van der Waals surface area contributed by atoms with E-state index in [9.17, 15) is 14.4 Å². The maximum atomic E-state index is 12.4. The summed E-state index contributed by atoms with van der Waals surface area (Å²) in [6.07, 6.45) is 7.20. The molecule has 1 saturated carbocycles. The second-order valence-corrected chi connectivity index (χ2v) is 9.16. The number of hydrogen-bond acceptors (Lipinski definition) is 4. The summed E-state index contributed by atoms with van der Waals surface area (Å²) in [5.74, 6) is -0.661. The molecule has 3 N–H and O–H groups in total. The molecule has 2 aromatic rings. The van der Waals surface area contributed by atoms with Gasteiger partial charge in [-0.1, -0.05) is 6.07 Å². The number of carboxylic acid groups (broad SMARTS) is 1. The van der Waals surface area contributed by atoms with Crippen molar-refractivity contribution in [2.75, 3.05) is 13.1 Å². The maximum Gasteiger partial charge on any atom is 0.306 e. The molecule has 2 amide bonds. The van der Waals surface area contributed by atoms with Gasteiger partial charge >= 0.3 is 5.97 Å². The molecule has 2 aliphatic carbocycles. The molecular formula is C27H32N2O5. The first-order chi connectivity index (χ1) is 16.5. The van der Waals surface area contributed by atoms with Gasteiger partial charge in [-0.25, -0.2) is 0 Å². The number of carbonyl (C=O) groups excluding carboxylic acids is 2. The van der Waals surface area contributed by atoms with Crippen molar-refractivity contribution in [3.8, 4) is 5.75 Å². The van der Waals surface area contributed by atoms with Gasteiger partial charge in [-0.05, 0) is 98.9 Å². The number of nitrogens with one attached hydrogen (secondary N) is 2. The predicted octanol–water partition coefficient (Wildman–Crippen LogP) is 3.75. The van der Waals surface area contributed by atoms with Crippen LogP contribution in [-0.2, 0) is 17.6 Å². The molecule has 0 atom stereocenters. The highest BCUT2D eigenvalue weighted by Crippen LogP contribution is 2.28. The number of carboxylic acids is 1. The molecule has 34 heavy (non-hydrogen) atoms. The van der Waals surface area contributed by atoms with E-state index in [2.05, 4.69) is 16.7 Å². The summed E-state index contributed by atoms with van der Waals surface area (Å²) in [6, 6.07) is 12.9. The first-order valence-corrected chi connectivity index (χ1v) is 12.2. The lowest BCUT2D eigenvalue weighted by atomic mass is 9.87. The quantitative estimate of drug-likeness (QED) is 0.516. The molecular weight excluding hydrogens is 432 g/mol. The van der Waals surface area contributed by atoms with Crippen molar-refractivity contribution in [3.05, 3.63) is 64.7 Å². The van der Waals surface area contributed by atoms with Crippen LogP contribution in [0.2, 0.25) is 0 Å². The molecule has 0 spiro atoms. The normalized spacial score (nSPS) is 19.5. The van der Waals surface area contributed by atoms with Crippen molar-refractivity contribution in [3.63, 3.8) is 0 Å². The van der Waals surface area contributed by atoms with Crippen molar-refractivity contribution in [2.45, 2.75) is 57.5 Å². The van der Waals surface area contributed by atoms with E-state index in [-0.39, 0.29) is 23.8 Å². The summed E-state index contributed by atoms with van der Waals surface area (Å²) in [5, 5.41) is 14.8. The van der Waals surface area contributed by atoms with Gasteiger partial charge in [0.25, 0.3) is 11.8 Å². The molecule has 0 saturated heterocycles. The van der Waals surface area contributed by atoms with Crippen LogP contribution < -0.4 is 15.4 Å². The minimum Gasteiger partial charge on any atom is -0.490 e. The molecule has 180 valence electrons. The van der Waals surface area contributed by atoms with Gasteiger partial charge in [-0.3, -0.25) is 14.4 Å². The Hall–Kier alpha value is -3.35. The lowest BCUT2D eigenvalue weighted by Gasteiger charge is -2.26. The van der Waals surface area contributed by atoms with Crippen LogP contribution in [0.3, 0.4) is 0 Å². The Morgan fingerprint density at radius 3 is 2.03 bits per heavy atom. The summed E-state index contributed by atoms with van der Waals surface area (Å²) >= 11 is 0. The van der Waals surface area contributed by atoms with Crippen molar-refractivity contribution in [1.29, 1.82) is 0 Å². The van der Waals surface area contributed by atoms with Gasteiger partial charge in [0.05, 0.1) is 12.0 Å². The number of benzene rings is 2. The zero-order valence-electron chi connectivity index (χ0n) is 19.3. The Morgan fingerprint density at radius 2 is 1.38 bits per heavy atom. The molecule has 0 bridgehead atoms. The van der Waals surface area contributed by atoms with Crippen LogP contribution in [0.4, 0.5) is 0 Å². The Balaban J connectivity index is 1.18. The van der Waals surface area contributed by atoms with Crippen LogP contribution in [0.1, 0.15) is 70.4 Å². The standard InChI is InChI=1S/C27H32N2O5/c30-25(19-7-11-23(12-8-19)34-24-13-9-20(10-14-24)27(32)33)28-15-16-29-26(31)22-6-5-18-3-1-2-4-21(18)17-22/h5-8,11-12,17,20,24H,1-4,9-10,13-16H2,(H,28,30)(H,29,31)(H,32,33). The predicted molar refractivity (Wildman–Crippen MR) is 128 cm³/mol. The van der Waals surface area contributed by atoms with E-state index in [1.165, 1.54) is 24.0 Å². The van der Waals surface area contributed by atoms with Gasteiger partial charge in [0, 0.05) is 24.2 Å². The second-order valence-electron chi connectivity index (χ2n) is 9.16. The number of aliphatic carboxylic acids is 1. The highest BCUT2D eigenvalue weighted by Gasteiger charge is 2.26. The van der Waals surface area contributed by atoms with Gasteiger partial charge in [-0.2, -0.15) is 0 Å². The number of fused-ring (bicyclic) bond motifs is 1. The zero-order valence-corrected chi connectivity index (χ0v) is 19.3. The van der Waals surface area contributed by atoms with E-state index < -0.39 is 5.97 Å². The number of carbonyl (C=O) groups is 3. The molecule has 0 aliphatic heterocycles. The molecule has 2 aliphatic rings. The minimum atomic E-state index is -0.730. The van der Waals surface area contributed by atoms with Crippen LogP contribution in [0.15, 0.2) is 42.5 Å². The Labute approximate surface area is 199 Å². The number of rotatable bonds is 8. The average molecular weight is 465 g/mol. The molecule has 2 aromatic carbocycles. The maximum absolute atomic E-state index is 12.4. The molecule has 7 nitrogen and oxygen atoms in total. The van der Waals surface area contributed by atoms with Gasteiger partial charge in [-0.15, -0.1) is 0 Å². The molecule has 4 rings (SSSR count). The molecule has 0 unspecified atom stereocenters. The third-order valence-corrected chi connectivity index (χ3v) is 6.75. The van der Waals surface area contributed by atoms with Gasteiger partial charge < -0.3 is 20.5 Å². The Morgan fingerprint density at radius 1 is 0.794 bits per heavy atom. The third-order valence-electron chi connectivity index (χ3n) is 6.75. The van der Waals surface area contributed by atoms with Crippen molar-refractivity contribution < 1.29 is 24.2 Å². The molecule has 7 heteroatoms. The van der Waals surface area contributed by atoms with E-state index in [4.69, 9.17) is 9.84 Å². The minimum absolute atomic E-state index is 0.00834. The van der Waals surface area contributed by atoms with Crippen LogP contribution in [0.25, 0.3) is 0 Å². The van der Waals surface area contributed by atoms with E-state index in [0.29, 0.717) is 42.8 Å². The molecule has 1 fully saturated rings. The lowest BCUT2D eigenvalue weighted by molar-refractivity contribution is -0.143. The fourth-order valence-corrected chi connectivity index (χ4v) is 4.74. The average Bonchev–Trinajstić information content (AvgIpc) is 2.87. The summed E-state index contributed by atoms with van der Waals surface area (Å²) in [5.41, 5.74) is 3.80. The summed E-state index contributed by atoms with van der Waals surface area (Å²) in [4.78, 5) is 35.9. The second kappa shape index (κ2) is 11.2. The summed E-state index contributed by atoms with van der Waals surface area (Å²) < 4.78 is 5.95. The van der Waals surface area contributed by atoms with E-state index in [0.717, 1.165) is 25.7 Å². The smallest absolute Gasteiger partial charge is 0.306 e. The van der Waals surface area contributed by atoms with Gasteiger partial charge in [0.15, 0.2) is 0 Å².